The van der Waals surface area contributed by atoms with Gasteiger partial charge in [0, 0.05) is 19.6 Å². The fraction of sp³-hybridized carbons (Fsp3) is 1.00. The van der Waals surface area contributed by atoms with Crippen molar-refractivity contribution in [3.05, 3.63) is 0 Å². The molecule has 0 bridgehead atoms. The molecule has 2 rings (SSSR count). The highest BCUT2D eigenvalue weighted by atomic mass is 32.2. The number of hydrogen-bond acceptors (Lipinski definition) is 3. The topological polar surface area (TPSA) is 75.4 Å². The Bertz CT molecular complexity index is 358. The standard InChI is InChI=1S/C12H25N3O2S/c13-10-12(6-2-3-7-12)11-14-18(16,17)15-8-4-1-5-9-15/h14H,1-11,13H2. The highest BCUT2D eigenvalue weighted by molar-refractivity contribution is 7.87. The molecule has 0 aromatic rings. The average molecular weight is 275 g/mol. The molecule has 1 saturated heterocycles. The molecule has 5 nitrogen and oxygen atoms in total. The van der Waals surface area contributed by atoms with Gasteiger partial charge < -0.3 is 5.73 Å². The Hall–Kier alpha value is -0.170. The van der Waals surface area contributed by atoms with Crippen LogP contribution in [0.25, 0.3) is 0 Å². The summed E-state index contributed by atoms with van der Waals surface area (Å²) in [5.41, 5.74) is 5.83. The summed E-state index contributed by atoms with van der Waals surface area (Å²) in [6, 6.07) is 0. The number of hydrogen-bond donors (Lipinski definition) is 2. The summed E-state index contributed by atoms with van der Waals surface area (Å²) >= 11 is 0. The second-order valence-electron chi connectivity index (χ2n) is 5.70. The number of piperidine rings is 1. The molecule has 0 aromatic heterocycles. The fourth-order valence-electron chi connectivity index (χ4n) is 3.02. The molecule has 106 valence electrons. The van der Waals surface area contributed by atoms with Gasteiger partial charge in [-0.15, -0.1) is 0 Å². The molecule has 2 fully saturated rings. The van der Waals surface area contributed by atoms with E-state index in [2.05, 4.69) is 4.72 Å². The molecule has 1 heterocycles. The van der Waals surface area contributed by atoms with Crippen LogP contribution in [-0.2, 0) is 10.2 Å². The minimum Gasteiger partial charge on any atom is -0.330 e. The molecular weight excluding hydrogens is 250 g/mol. The molecule has 1 saturated carbocycles. The normalized spacial score (nSPS) is 25.4. The first-order valence-corrected chi connectivity index (χ1v) is 8.47. The van der Waals surface area contributed by atoms with Crippen LogP contribution >= 0.6 is 0 Å². The van der Waals surface area contributed by atoms with Gasteiger partial charge in [0.1, 0.15) is 0 Å². The Morgan fingerprint density at radius 1 is 1.06 bits per heavy atom. The lowest BCUT2D eigenvalue weighted by Gasteiger charge is -2.31. The monoisotopic (exact) mass is 275 g/mol. The van der Waals surface area contributed by atoms with E-state index in [-0.39, 0.29) is 5.41 Å². The molecule has 3 N–H and O–H groups in total. The average Bonchev–Trinajstić information content (AvgIpc) is 2.87. The second-order valence-corrected chi connectivity index (χ2v) is 7.45. The smallest absolute Gasteiger partial charge is 0.279 e. The minimum absolute atomic E-state index is 0.00283. The van der Waals surface area contributed by atoms with Gasteiger partial charge in [-0.2, -0.15) is 12.7 Å². The highest BCUT2D eigenvalue weighted by Crippen LogP contribution is 2.36. The molecule has 0 amide bonds. The van der Waals surface area contributed by atoms with Crippen molar-refractivity contribution in [1.82, 2.24) is 9.03 Å². The number of nitrogens with two attached hydrogens (primary N) is 1. The van der Waals surface area contributed by atoms with Gasteiger partial charge >= 0.3 is 0 Å². The molecule has 0 atom stereocenters. The van der Waals surface area contributed by atoms with Gasteiger partial charge in [-0.1, -0.05) is 19.3 Å². The van der Waals surface area contributed by atoms with Crippen molar-refractivity contribution in [2.24, 2.45) is 11.1 Å². The van der Waals surface area contributed by atoms with Gasteiger partial charge in [-0.05, 0) is 37.6 Å². The first-order chi connectivity index (χ1) is 8.58. The zero-order valence-electron chi connectivity index (χ0n) is 11.0. The summed E-state index contributed by atoms with van der Waals surface area (Å²) in [6.45, 7) is 2.40. The summed E-state index contributed by atoms with van der Waals surface area (Å²) < 4.78 is 28.7. The Kier molecular flexibility index (Phi) is 4.64. The maximum Gasteiger partial charge on any atom is 0.279 e. The van der Waals surface area contributed by atoms with E-state index in [1.54, 1.807) is 4.31 Å². The number of nitrogens with zero attached hydrogens (tertiary/aromatic N) is 1. The predicted octanol–water partition coefficient (Wildman–Crippen LogP) is 0.826. The zero-order chi connectivity index (χ0) is 13.1. The highest BCUT2D eigenvalue weighted by Gasteiger charge is 2.34. The molecule has 0 unspecified atom stereocenters. The number of rotatable bonds is 5. The maximum atomic E-state index is 12.2. The van der Waals surface area contributed by atoms with Crippen molar-refractivity contribution in [2.45, 2.75) is 44.9 Å². The van der Waals surface area contributed by atoms with Gasteiger partial charge in [0.05, 0.1) is 0 Å². The Morgan fingerprint density at radius 2 is 1.67 bits per heavy atom. The van der Waals surface area contributed by atoms with Crippen molar-refractivity contribution < 1.29 is 8.42 Å². The summed E-state index contributed by atoms with van der Waals surface area (Å²) in [5, 5.41) is 0. The van der Waals surface area contributed by atoms with E-state index in [0.717, 1.165) is 32.1 Å². The van der Waals surface area contributed by atoms with Crippen LogP contribution in [0.5, 0.6) is 0 Å². The third kappa shape index (κ3) is 3.23. The molecule has 18 heavy (non-hydrogen) atoms. The quantitative estimate of drug-likeness (QED) is 0.780. The van der Waals surface area contributed by atoms with E-state index >= 15 is 0 Å². The Morgan fingerprint density at radius 3 is 2.22 bits per heavy atom. The number of nitrogens with one attached hydrogen (secondary N) is 1. The third-order valence-corrected chi connectivity index (χ3v) is 5.94. The van der Waals surface area contributed by atoms with Crippen molar-refractivity contribution in [1.29, 1.82) is 0 Å². The zero-order valence-corrected chi connectivity index (χ0v) is 11.8. The van der Waals surface area contributed by atoms with Crippen molar-refractivity contribution in [3.63, 3.8) is 0 Å². The van der Waals surface area contributed by atoms with Crippen molar-refractivity contribution >= 4 is 10.2 Å². The van der Waals surface area contributed by atoms with E-state index < -0.39 is 10.2 Å². The molecule has 1 aliphatic heterocycles. The van der Waals surface area contributed by atoms with Gasteiger partial charge in [-0.25, -0.2) is 4.72 Å². The molecule has 1 aliphatic carbocycles. The van der Waals surface area contributed by atoms with Crippen LogP contribution in [-0.4, -0.2) is 38.9 Å². The first-order valence-electron chi connectivity index (χ1n) is 7.03. The van der Waals surface area contributed by atoms with Crippen molar-refractivity contribution in [3.8, 4) is 0 Å². The van der Waals surface area contributed by atoms with E-state index in [0.29, 0.717) is 26.2 Å². The van der Waals surface area contributed by atoms with Crippen LogP contribution in [0.3, 0.4) is 0 Å². The maximum absolute atomic E-state index is 12.2. The van der Waals surface area contributed by atoms with Crippen LogP contribution in [0.15, 0.2) is 0 Å². The van der Waals surface area contributed by atoms with Crippen LogP contribution in [0.2, 0.25) is 0 Å². The van der Waals surface area contributed by atoms with Gasteiger partial charge in [0.15, 0.2) is 0 Å². The fourth-order valence-corrected chi connectivity index (χ4v) is 4.43. The van der Waals surface area contributed by atoms with E-state index in [4.69, 9.17) is 5.73 Å². The Balaban J connectivity index is 1.91. The summed E-state index contributed by atoms with van der Waals surface area (Å²) in [5.74, 6) is 0. The van der Waals surface area contributed by atoms with E-state index in [1.807, 2.05) is 0 Å². The van der Waals surface area contributed by atoms with Gasteiger partial charge in [-0.3, -0.25) is 0 Å². The van der Waals surface area contributed by atoms with Crippen LogP contribution in [0.4, 0.5) is 0 Å². The SMILES string of the molecule is NCC1(CNS(=O)(=O)N2CCCCC2)CCCC1. The van der Waals surface area contributed by atoms with Crippen LogP contribution in [0, 0.1) is 5.41 Å². The van der Waals surface area contributed by atoms with Crippen molar-refractivity contribution in [2.75, 3.05) is 26.2 Å². The summed E-state index contributed by atoms with van der Waals surface area (Å²) in [6.07, 6.45) is 7.52. The molecule has 0 spiro atoms. The predicted molar refractivity (Wildman–Crippen MR) is 72.3 cm³/mol. The van der Waals surface area contributed by atoms with E-state index in [9.17, 15) is 8.42 Å². The lowest BCUT2D eigenvalue weighted by molar-refractivity contribution is 0.297. The first kappa shape index (κ1) is 14.2. The Labute approximate surface area is 110 Å². The minimum atomic E-state index is -3.29. The van der Waals surface area contributed by atoms with Gasteiger partial charge in [0.2, 0.25) is 0 Å². The molecule has 2 aliphatic rings. The lowest BCUT2D eigenvalue weighted by atomic mass is 9.87. The third-order valence-electron chi connectivity index (χ3n) is 4.38. The largest absolute Gasteiger partial charge is 0.330 e. The van der Waals surface area contributed by atoms with Crippen LogP contribution in [0.1, 0.15) is 44.9 Å². The second kappa shape index (κ2) is 5.86. The summed E-state index contributed by atoms with van der Waals surface area (Å²) in [4.78, 5) is 0. The summed E-state index contributed by atoms with van der Waals surface area (Å²) in [7, 11) is -3.29. The van der Waals surface area contributed by atoms with Crippen LogP contribution < -0.4 is 10.5 Å². The van der Waals surface area contributed by atoms with Gasteiger partial charge in [0.25, 0.3) is 10.2 Å². The van der Waals surface area contributed by atoms with E-state index in [1.165, 1.54) is 12.8 Å². The molecule has 0 radical (unpaired) electrons. The molecule has 6 heteroatoms. The molecular formula is C12H25N3O2S. The molecule has 0 aromatic carbocycles. The lowest BCUT2D eigenvalue weighted by Crippen LogP contribution is -2.48.